The quantitative estimate of drug-likeness (QED) is 0.498. The van der Waals surface area contributed by atoms with E-state index in [2.05, 4.69) is 4.74 Å². The Kier molecular flexibility index (Phi) is 6.93. The molecular formula is C16H20N2O10. The highest BCUT2D eigenvalue weighted by Gasteiger charge is 2.40. The van der Waals surface area contributed by atoms with Crippen LogP contribution in [0.5, 0.6) is 0 Å². The van der Waals surface area contributed by atoms with Gasteiger partial charge < -0.3 is 23.7 Å². The fourth-order valence-corrected chi connectivity index (χ4v) is 2.64. The van der Waals surface area contributed by atoms with Gasteiger partial charge in [-0.1, -0.05) is 0 Å². The molecule has 2 rings (SSSR count). The molecule has 1 saturated heterocycles. The highest BCUT2D eigenvalue weighted by Crippen LogP contribution is 2.30. The number of aromatic amines is 1. The summed E-state index contributed by atoms with van der Waals surface area (Å²) in [5.74, 6) is -1.55. The van der Waals surface area contributed by atoms with Crippen molar-refractivity contribution in [1.82, 2.24) is 9.55 Å². The third-order valence-electron chi connectivity index (χ3n) is 3.75. The third kappa shape index (κ3) is 4.97. The first-order valence-electron chi connectivity index (χ1n) is 8.32. The van der Waals surface area contributed by atoms with Crippen LogP contribution < -0.4 is 11.2 Å². The highest BCUT2D eigenvalue weighted by molar-refractivity contribution is 5.88. The fourth-order valence-electron chi connectivity index (χ4n) is 2.64. The maximum Gasteiger partial charge on any atom is 0.508 e. The van der Waals surface area contributed by atoms with E-state index in [-0.39, 0.29) is 19.6 Å². The maximum atomic E-state index is 12.2. The van der Waals surface area contributed by atoms with E-state index in [9.17, 15) is 24.0 Å². The van der Waals surface area contributed by atoms with Crippen molar-refractivity contribution >= 4 is 18.1 Å². The number of esters is 2. The van der Waals surface area contributed by atoms with Gasteiger partial charge in [0.1, 0.15) is 18.3 Å². The Hall–Kier alpha value is -3.15. The lowest BCUT2D eigenvalue weighted by atomic mass is 10.2. The number of carbonyl (C=O) groups is 3. The minimum Gasteiger partial charge on any atom is -0.462 e. The van der Waals surface area contributed by atoms with Crippen molar-refractivity contribution in [2.24, 2.45) is 0 Å². The van der Waals surface area contributed by atoms with Gasteiger partial charge in [-0.15, -0.1) is 0 Å². The zero-order chi connectivity index (χ0) is 20.8. The lowest BCUT2D eigenvalue weighted by molar-refractivity contribution is -0.152. The summed E-state index contributed by atoms with van der Waals surface area (Å²) < 4.78 is 25.7. The maximum absolute atomic E-state index is 12.2. The van der Waals surface area contributed by atoms with Crippen LogP contribution in [0.3, 0.4) is 0 Å². The molecule has 1 aliphatic heterocycles. The molecule has 0 aliphatic carbocycles. The molecule has 0 amide bonds. The van der Waals surface area contributed by atoms with E-state index < -0.39 is 53.3 Å². The van der Waals surface area contributed by atoms with Crippen molar-refractivity contribution in [2.45, 2.75) is 38.7 Å². The van der Waals surface area contributed by atoms with Gasteiger partial charge in [-0.05, 0) is 6.92 Å². The van der Waals surface area contributed by atoms with Crippen molar-refractivity contribution < 1.29 is 38.1 Å². The lowest BCUT2D eigenvalue weighted by Crippen LogP contribution is -2.39. The van der Waals surface area contributed by atoms with E-state index in [0.717, 1.165) is 17.9 Å². The van der Waals surface area contributed by atoms with Crippen molar-refractivity contribution in [2.75, 3.05) is 20.3 Å². The average molecular weight is 400 g/mol. The predicted octanol–water partition coefficient (Wildman–Crippen LogP) is -0.284. The molecule has 0 bridgehead atoms. The number of hydrogen-bond donors (Lipinski definition) is 1. The van der Waals surface area contributed by atoms with Crippen LogP contribution in [0.15, 0.2) is 15.8 Å². The van der Waals surface area contributed by atoms with E-state index in [1.54, 1.807) is 6.92 Å². The molecule has 28 heavy (non-hydrogen) atoms. The summed E-state index contributed by atoms with van der Waals surface area (Å²) >= 11 is 0. The van der Waals surface area contributed by atoms with Crippen LogP contribution in [0.4, 0.5) is 4.79 Å². The molecule has 1 aromatic rings. The van der Waals surface area contributed by atoms with Crippen molar-refractivity contribution in [3.05, 3.63) is 32.6 Å². The van der Waals surface area contributed by atoms with E-state index >= 15 is 0 Å². The Labute approximate surface area is 158 Å². The molecule has 12 heteroatoms. The van der Waals surface area contributed by atoms with Crippen LogP contribution >= 0.6 is 0 Å². The van der Waals surface area contributed by atoms with Gasteiger partial charge >= 0.3 is 23.8 Å². The molecule has 2 heterocycles. The van der Waals surface area contributed by atoms with Crippen LogP contribution in [0.25, 0.3) is 0 Å². The zero-order valence-electron chi connectivity index (χ0n) is 15.5. The van der Waals surface area contributed by atoms with Gasteiger partial charge in [-0.25, -0.2) is 14.4 Å². The van der Waals surface area contributed by atoms with Gasteiger partial charge in [-0.2, -0.15) is 0 Å². The monoisotopic (exact) mass is 400 g/mol. The van der Waals surface area contributed by atoms with E-state index in [0.29, 0.717) is 0 Å². The smallest absolute Gasteiger partial charge is 0.462 e. The minimum atomic E-state index is -1.16. The zero-order valence-corrected chi connectivity index (χ0v) is 15.5. The van der Waals surface area contributed by atoms with Crippen molar-refractivity contribution in [1.29, 1.82) is 0 Å². The van der Waals surface area contributed by atoms with Crippen LogP contribution in [0.2, 0.25) is 0 Å². The van der Waals surface area contributed by atoms with Gasteiger partial charge in [0, 0.05) is 19.5 Å². The number of hydrogen-bond acceptors (Lipinski definition) is 10. The third-order valence-corrected chi connectivity index (χ3v) is 3.75. The second kappa shape index (κ2) is 9.17. The lowest BCUT2D eigenvalue weighted by Gasteiger charge is -2.20. The Morgan fingerprint density at radius 2 is 2.00 bits per heavy atom. The molecule has 0 radical (unpaired) electrons. The molecule has 0 saturated carbocycles. The Balaban J connectivity index is 2.33. The van der Waals surface area contributed by atoms with E-state index in [4.69, 9.17) is 18.9 Å². The van der Waals surface area contributed by atoms with Crippen molar-refractivity contribution in [3.63, 3.8) is 0 Å². The summed E-state index contributed by atoms with van der Waals surface area (Å²) in [7, 11) is 1.14. The average Bonchev–Trinajstić information content (AvgIpc) is 3.01. The molecule has 154 valence electrons. The summed E-state index contributed by atoms with van der Waals surface area (Å²) in [5.41, 5.74) is -2.22. The first-order chi connectivity index (χ1) is 13.3. The Morgan fingerprint density at radius 1 is 1.29 bits per heavy atom. The van der Waals surface area contributed by atoms with Gasteiger partial charge in [0.2, 0.25) is 0 Å². The molecule has 0 spiro atoms. The number of carbonyl (C=O) groups excluding carboxylic acids is 3. The van der Waals surface area contributed by atoms with E-state index in [1.807, 2.05) is 4.98 Å². The first kappa shape index (κ1) is 21.2. The number of nitrogens with zero attached hydrogens (tertiary/aromatic N) is 1. The summed E-state index contributed by atoms with van der Waals surface area (Å²) in [6.45, 7) is 2.55. The van der Waals surface area contributed by atoms with Gasteiger partial charge in [0.05, 0.1) is 19.8 Å². The fraction of sp³-hybridized carbons (Fsp3) is 0.562. The number of nitrogens with one attached hydrogen (secondary N) is 1. The molecule has 1 fully saturated rings. The summed E-state index contributed by atoms with van der Waals surface area (Å²) in [4.78, 5) is 60.6. The molecule has 1 aliphatic rings. The standard InChI is InChI=1S/C16H20N2O10/c1-4-25-14(21)10-6-18(15(22)17-12(10)20)13-11(27-8(2)19)5-9(28-13)7-26-16(23)24-3/h6,9,11,13H,4-5,7H2,1-3H3,(H,17,20,22)/t9-,11+,13+/m0/s1. The topological polar surface area (TPSA) is 152 Å². The summed E-state index contributed by atoms with van der Waals surface area (Å²) in [6.07, 6.45) is -2.67. The van der Waals surface area contributed by atoms with Crippen LogP contribution in [0, 0.1) is 0 Å². The molecule has 1 N–H and O–H groups in total. The Morgan fingerprint density at radius 3 is 2.61 bits per heavy atom. The van der Waals surface area contributed by atoms with Crippen LogP contribution in [0.1, 0.15) is 36.9 Å². The van der Waals surface area contributed by atoms with Gasteiger partial charge in [0.25, 0.3) is 5.56 Å². The predicted molar refractivity (Wildman–Crippen MR) is 89.7 cm³/mol. The summed E-state index contributed by atoms with van der Waals surface area (Å²) in [5, 5.41) is 0. The molecule has 0 aromatic carbocycles. The van der Waals surface area contributed by atoms with Crippen molar-refractivity contribution in [3.8, 4) is 0 Å². The first-order valence-corrected chi connectivity index (χ1v) is 8.32. The van der Waals surface area contributed by atoms with Gasteiger partial charge in [0.15, 0.2) is 6.23 Å². The normalized spacial score (nSPS) is 21.0. The van der Waals surface area contributed by atoms with Crippen LogP contribution in [-0.2, 0) is 28.5 Å². The summed E-state index contributed by atoms with van der Waals surface area (Å²) in [6, 6.07) is 0. The number of ether oxygens (including phenoxy) is 5. The number of H-pyrrole nitrogens is 1. The second-order valence-corrected chi connectivity index (χ2v) is 5.73. The molecule has 0 unspecified atom stereocenters. The molecule has 12 nitrogen and oxygen atoms in total. The largest absolute Gasteiger partial charge is 0.508 e. The SMILES string of the molecule is CCOC(=O)c1cn([C@@H]2O[C@H](COC(=O)OC)C[C@H]2OC(C)=O)c(=O)[nH]c1=O. The van der Waals surface area contributed by atoms with E-state index in [1.165, 1.54) is 6.92 Å². The second-order valence-electron chi connectivity index (χ2n) is 5.73. The number of rotatable bonds is 6. The Bertz CT molecular complexity index is 858. The van der Waals surface area contributed by atoms with Gasteiger partial charge in [-0.3, -0.25) is 19.1 Å². The number of methoxy groups -OCH3 is 1. The van der Waals surface area contributed by atoms with Crippen LogP contribution in [-0.4, -0.2) is 60.2 Å². The molecule has 1 aromatic heterocycles. The number of aromatic nitrogens is 2. The molecule has 3 atom stereocenters. The minimum absolute atomic E-state index is 0.0281. The molecular weight excluding hydrogens is 380 g/mol. The highest BCUT2D eigenvalue weighted by atomic mass is 16.7.